The molecule has 0 heterocycles. The van der Waals surface area contributed by atoms with Gasteiger partial charge in [-0.3, -0.25) is 4.99 Å². The van der Waals surface area contributed by atoms with Crippen molar-refractivity contribution in [3.05, 3.63) is 0 Å². The zero-order valence-corrected chi connectivity index (χ0v) is 10.8. The van der Waals surface area contributed by atoms with Gasteiger partial charge in [0.15, 0.2) is 5.96 Å². The molecule has 1 rings (SSSR count). The van der Waals surface area contributed by atoms with Crippen molar-refractivity contribution in [1.82, 2.24) is 5.32 Å². The van der Waals surface area contributed by atoms with Gasteiger partial charge in [0.1, 0.15) is 0 Å². The number of nitrogens with zero attached hydrogens (tertiary/aromatic N) is 1. The molecule has 3 N–H and O–H groups in total. The summed E-state index contributed by atoms with van der Waals surface area (Å²) in [7, 11) is 1.75. The number of hydrogen-bond acceptors (Lipinski definition) is 2. The first-order chi connectivity index (χ1) is 7.58. The molecule has 4 heteroatoms. The number of ether oxygens (including phenoxy) is 1. The maximum atomic E-state index is 5.80. The van der Waals surface area contributed by atoms with E-state index in [4.69, 9.17) is 10.5 Å². The first-order valence-corrected chi connectivity index (χ1v) is 6.13. The van der Waals surface area contributed by atoms with Gasteiger partial charge < -0.3 is 15.8 Å². The molecule has 94 valence electrons. The van der Waals surface area contributed by atoms with Crippen molar-refractivity contribution in [2.24, 2.45) is 16.1 Å². The Kier molecular flexibility index (Phi) is 5.06. The lowest BCUT2D eigenvalue weighted by Gasteiger charge is -2.40. The van der Waals surface area contributed by atoms with E-state index in [1.165, 1.54) is 19.3 Å². The summed E-state index contributed by atoms with van der Waals surface area (Å²) in [5.41, 5.74) is 6.16. The van der Waals surface area contributed by atoms with Gasteiger partial charge in [-0.15, -0.1) is 0 Å². The van der Waals surface area contributed by atoms with Crippen molar-refractivity contribution < 1.29 is 4.74 Å². The van der Waals surface area contributed by atoms with Crippen molar-refractivity contribution in [1.29, 1.82) is 0 Å². The molecule has 0 amide bonds. The van der Waals surface area contributed by atoms with Crippen LogP contribution in [0.25, 0.3) is 0 Å². The molecule has 0 radical (unpaired) electrons. The summed E-state index contributed by atoms with van der Waals surface area (Å²) in [5, 5.41) is 3.12. The van der Waals surface area contributed by atoms with Gasteiger partial charge in [0.2, 0.25) is 0 Å². The summed E-state index contributed by atoms with van der Waals surface area (Å²) in [6.45, 7) is 5.79. The molecule has 0 spiro atoms. The maximum Gasteiger partial charge on any atom is 0.188 e. The van der Waals surface area contributed by atoms with E-state index < -0.39 is 0 Å². The normalized spacial score (nSPS) is 19.6. The van der Waals surface area contributed by atoms with Crippen LogP contribution in [-0.2, 0) is 4.74 Å². The number of aliphatic imine (C=N–C) groups is 1. The molecule has 16 heavy (non-hydrogen) atoms. The second kappa shape index (κ2) is 6.09. The van der Waals surface area contributed by atoms with Crippen molar-refractivity contribution in [2.45, 2.75) is 45.6 Å². The van der Waals surface area contributed by atoms with Crippen LogP contribution in [0.4, 0.5) is 0 Å². The molecule has 0 saturated heterocycles. The Morgan fingerprint density at radius 2 is 2.19 bits per heavy atom. The van der Waals surface area contributed by atoms with Crippen molar-refractivity contribution in [3.63, 3.8) is 0 Å². The number of rotatable bonds is 6. The highest BCUT2D eigenvalue weighted by Crippen LogP contribution is 2.44. The van der Waals surface area contributed by atoms with Gasteiger partial charge in [-0.1, -0.05) is 6.42 Å². The molecule has 0 aromatic carbocycles. The molecule has 1 saturated carbocycles. The average molecular weight is 227 g/mol. The highest BCUT2D eigenvalue weighted by Gasteiger charge is 2.36. The number of nitrogens with two attached hydrogens (primary N) is 1. The highest BCUT2D eigenvalue weighted by molar-refractivity contribution is 5.78. The van der Waals surface area contributed by atoms with E-state index in [1.54, 1.807) is 7.11 Å². The minimum atomic E-state index is 0.347. The maximum absolute atomic E-state index is 5.80. The van der Waals surface area contributed by atoms with Gasteiger partial charge in [-0.2, -0.15) is 0 Å². The molecule has 0 aromatic rings. The molecule has 4 nitrogen and oxygen atoms in total. The minimum absolute atomic E-state index is 0.347. The third-order valence-electron chi connectivity index (χ3n) is 3.27. The van der Waals surface area contributed by atoms with Crippen molar-refractivity contribution in [3.8, 4) is 0 Å². The molecule has 1 aliphatic rings. The first-order valence-electron chi connectivity index (χ1n) is 6.13. The number of nitrogens with one attached hydrogen (secondary N) is 1. The van der Waals surface area contributed by atoms with Gasteiger partial charge in [0.25, 0.3) is 0 Å². The standard InChI is InChI=1S/C12H25N3O/c1-10(2)15-11(13)14-9-12(5-4-6-12)7-8-16-3/h10H,4-9H2,1-3H3,(H3,13,14,15). The van der Waals surface area contributed by atoms with Crippen molar-refractivity contribution >= 4 is 5.96 Å². The van der Waals surface area contributed by atoms with Gasteiger partial charge in [0, 0.05) is 26.3 Å². The van der Waals surface area contributed by atoms with E-state index in [-0.39, 0.29) is 0 Å². The van der Waals surface area contributed by atoms with E-state index in [9.17, 15) is 0 Å². The largest absolute Gasteiger partial charge is 0.385 e. The van der Waals surface area contributed by atoms with E-state index >= 15 is 0 Å². The summed E-state index contributed by atoms with van der Waals surface area (Å²) in [6, 6.07) is 0.347. The summed E-state index contributed by atoms with van der Waals surface area (Å²) in [5.74, 6) is 0.568. The van der Waals surface area contributed by atoms with Crippen LogP contribution in [0.5, 0.6) is 0 Å². The summed E-state index contributed by atoms with van der Waals surface area (Å²) in [6.07, 6.45) is 4.93. The Morgan fingerprint density at radius 1 is 1.50 bits per heavy atom. The van der Waals surface area contributed by atoms with Crippen molar-refractivity contribution in [2.75, 3.05) is 20.3 Å². The van der Waals surface area contributed by atoms with Gasteiger partial charge in [-0.05, 0) is 38.5 Å². The van der Waals surface area contributed by atoms with E-state index in [0.717, 1.165) is 19.6 Å². The summed E-state index contributed by atoms with van der Waals surface area (Å²) < 4.78 is 5.15. The lowest BCUT2D eigenvalue weighted by Crippen LogP contribution is -2.39. The lowest BCUT2D eigenvalue weighted by atomic mass is 9.67. The minimum Gasteiger partial charge on any atom is -0.385 e. The average Bonchev–Trinajstić information content (AvgIpc) is 2.14. The molecule has 0 unspecified atom stereocenters. The molecular weight excluding hydrogens is 202 g/mol. The molecule has 0 aromatic heterocycles. The Morgan fingerprint density at radius 3 is 2.62 bits per heavy atom. The first kappa shape index (κ1) is 13.3. The smallest absolute Gasteiger partial charge is 0.188 e. The number of methoxy groups -OCH3 is 1. The Balaban J connectivity index is 2.38. The Bertz CT molecular complexity index is 234. The van der Waals surface area contributed by atoms with E-state index in [1.807, 2.05) is 0 Å². The van der Waals surface area contributed by atoms with E-state index in [2.05, 4.69) is 24.2 Å². The zero-order valence-electron chi connectivity index (χ0n) is 10.8. The monoisotopic (exact) mass is 227 g/mol. The fourth-order valence-electron chi connectivity index (χ4n) is 2.08. The quantitative estimate of drug-likeness (QED) is 0.534. The predicted octanol–water partition coefficient (Wildman–Crippen LogP) is 1.51. The topological polar surface area (TPSA) is 59.6 Å². The fraction of sp³-hybridized carbons (Fsp3) is 0.917. The molecule has 0 aliphatic heterocycles. The van der Waals surface area contributed by atoms with Gasteiger partial charge >= 0.3 is 0 Å². The number of hydrogen-bond donors (Lipinski definition) is 2. The Labute approximate surface area is 98.6 Å². The zero-order chi connectivity index (χ0) is 12.0. The van der Waals surface area contributed by atoms with Gasteiger partial charge in [-0.25, -0.2) is 0 Å². The predicted molar refractivity (Wildman–Crippen MR) is 67.5 cm³/mol. The van der Waals surface area contributed by atoms with Crippen LogP contribution in [0.3, 0.4) is 0 Å². The third-order valence-corrected chi connectivity index (χ3v) is 3.27. The second-order valence-electron chi connectivity index (χ2n) is 5.10. The SMILES string of the molecule is COCCC1(CN=C(N)NC(C)C)CCC1. The summed E-state index contributed by atoms with van der Waals surface area (Å²) >= 11 is 0. The molecule has 1 fully saturated rings. The lowest BCUT2D eigenvalue weighted by molar-refractivity contribution is 0.0779. The number of guanidine groups is 1. The second-order valence-corrected chi connectivity index (χ2v) is 5.10. The fourth-order valence-corrected chi connectivity index (χ4v) is 2.08. The Hall–Kier alpha value is -0.770. The van der Waals surface area contributed by atoms with E-state index in [0.29, 0.717) is 17.4 Å². The molecule has 1 aliphatic carbocycles. The van der Waals surface area contributed by atoms with Gasteiger partial charge in [0.05, 0.1) is 0 Å². The van der Waals surface area contributed by atoms with Crippen LogP contribution < -0.4 is 11.1 Å². The van der Waals surface area contributed by atoms with Crippen LogP contribution in [0, 0.1) is 5.41 Å². The highest BCUT2D eigenvalue weighted by atomic mass is 16.5. The third kappa shape index (κ3) is 4.00. The van der Waals surface area contributed by atoms with Crippen LogP contribution in [0.2, 0.25) is 0 Å². The van der Waals surface area contributed by atoms with Crippen LogP contribution in [-0.4, -0.2) is 32.3 Å². The molecular formula is C12H25N3O. The van der Waals surface area contributed by atoms with Crippen LogP contribution >= 0.6 is 0 Å². The summed E-state index contributed by atoms with van der Waals surface area (Å²) in [4.78, 5) is 4.44. The molecule has 0 bridgehead atoms. The van der Waals surface area contributed by atoms with Crippen LogP contribution in [0.15, 0.2) is 4.99 Å². The van der Waals surface area contributed by atoms with Crippen LogP contribution in [0.1, 0.15) is 39.5 Å². The molecule has 0 atom stereocenters.